The van der Waals surface area contributed by atoms with Crippen molar-refractivity contribution in [3.05, 3.63) is 41.4 Å². The molecule has 4 nitrogen and oxygen atoms in total. The average Bonchev–Trinajstić information content (AvgIpc) is 3.00. The minimum absolute atomic E-state index is 0.569. The molecule has 0 fully saturated rings. The molecule has 3 aromatic rings. The standard InChI is InChI=1S/C11H8N4S2/c1-3-9(16-6-1)8-7-17-11(14-8)15-10-12-4-2-5-13-10/h1-7H,(H,12,13,14,15). The first kappa shape index (κ1) is 10.4. The third-order valence-corrected chi connectivity index (χ3v) is 3.71. The third-order valence-electron chi connectivity index (χ3n) is 2.06. The zero-order valence-corrected chi connectivity index (χ0v) is 10.3. The van der Waals surface area contributed by atoms with E-state index in [1.165, 1.54) is 4.88 Å². The summed E-state index contributed by atoms with van der Waals surface area (Å²) in [6.07, 6.45) is 3.40. The van der Waals surface area contributed by atoms with Crippen molar-refractivity contribution >= 4 is 33.8 Å². The van der Waals surface area contributed by atoms with E-state index in [-0.39, 0.29) is 0 Å². The Kier molecular flexibility index (Phi) is 2.81. The lowest BCUT2D eigenvalue weighted by molar-refractivity contribution is 1.16. The van der Waals surface area contributed by atoms with Crippen LogP contribution in [0.15, 0.2) is 41.4 Å². The Morgan fingerprint density at radius 3 is 2.71 bits per heavy atom. The van der Waals surface area contributed by atoms with Crippen molar-refractivity contribution in [3.63, 3.8) is 0 Å². The number of rotatable bonds is 3. The van der Waals surface area contributed by atoms with Crippen LogP contribution in [0.4, 0.5) is 11.1 Å². The van der Waals surface area contributed by atoms with E-state index >= 15 is 0 Å². The highest BCUT2D eigenvalue weighted by atomic mass is 32.1. The van der Waals surface area contributed by atoms with Crippen LogP contribution in [-0.2, 0) is 0 Å². The molecule has 0 amide bonds. The van der Waals surface area contributed by atoms with E-state index < -0.39 is 0 Å². The van der Waals surface area contributed by atoms with Gasteiger partial charge in [0, 0.05) is 17.8 Å². The van der Waals surface area contributed by atoms with E-state index in [2.05, 4.69) is 26.3 Å². The van der Waals surface area contributed by atoms with Gasteiger partial charge in [0.2, 0.25) is 5.95 Å². The predicted octanol–water partition coefficient (Wildman–Crippen LogP) is 3.41. The minimum Gasteiger partial charge on any atom is -0.300 e. The van der Waals surface area contributed by atoms with Gasteiger partial charge >= 0.3 is 0 Å². The molecule has 0 spiro atoms. The predicted molar refractivity (Wildman–Crippen MR) is 70.7 cm³/mol. The molecule has 0 atom stereocenters. The monoisotopic (exact) mass is 260 g/mol. The Bertz CT molecular complexity index is 589. The molecule has 0 unspecified atom stereocenters. The van der Waals surface area contributed by atoms with Crippen LogP contribution in [0.5, 0.6) is 0 Å². The van der Waals surface area contributed by atoms with E-state index in [1.807, 2.05) is 16.8 Å². The highest BCUT2D eigenvalue weighted by molar-refractivity contribution is 7.16. The van der Waals surface area contributed by atoms with Gasteiger partial charge < -0.3 is 5.32 Å². The fourth-order valence-electron chi connectivity index (χ4n) is 1.33. The number of aromatic nitrogens is 3. The van der Waals surface area contributed by atoms with Crippen LogP contribution in [0, 0.1) is 0 Å². The number of hydrogen-bond donors (Lipinski definition) is 1. The molecular weight excluding hydrogens is 252 g/mol. The molecule has 6 heteroatoms. The SMILES string of the molecule is c1cnc(Nc2nc(-c3cccs3)cs2)nc1. The van der Waals surface area contributed by atoms with Crippen molar-refractivity contribution in [2.24, 2.45) is 0 Å². The molecule has 3 rings (SSSR count). The smallest absolute Gasteiger partial charge is 0.228 e. The van der Waals surface area contributed by atoms with Crippen LogP contribution in [0.25, 0.3) is 10.6 Å². The lowest BCUT2D eigenvalue weighted by Gasteiger charge is -1.97. The Balaban J connectivity index is 1.82. The van der Waals surface area contributed by atoms with Crippen molar-refractivity contribution in [1.82, 2.24) is 15.0 Å². The molecule has 0 bridgehead atoms. The molecule has 84 valence electrons. The molecule has 1 N–H and O–H groups in total. The van der Waals surface area contributed by atoms with Crippen molar-refractivity contribution in [2.75, 3.05) is 5.32 Å². The topological polar surface area (TPSA) is 50.7 Å². The molecule has 0 radical (unpaired) electrons. The van der Waals surface area contributed by atoms with Crippen LogP contribution < -0.4 is 5.32 Å². The van der Waals surface area contributed by atoms with Crippen molar-refractivity contribution in [1.29, 1.82) is 0 Å². The Labute approximate surface area is 106 Å². The van der Waals surface area contributed by atoms with Crippen molar-refractivity contribution in [2.45, 2.75) is 0 Å². The highest BCUT2D eigenvalue weighted by Crippen LogP contribution is 2.28. The Hall–Kier alpha value is -1.79. The van der Waals surface area contributed by atoms with Crippen LogP contribution in [0.3, 0.4) is 0 Å². The number of nitrogens with one attached hydrogen (secondary N) is 1. The normalized spacial score (nSPS) is 10.4. The van der Waals surface area contributed by atoms with E-state index in [0.29, 0.717) is 5.95 Å². The second-order valence-electron chi connectivity index (χ2n) is 3.21. The minimum atomic E-state index is 0.569. The van der Waals surface area contributed by atoms with Gasteiger partial charge in [0.05, 0.1) is 10.6 Å². The summed E-state index contributed by atoms with van der Waals surface area (Å²) in [5.74, 6) is 0.569. The van der Waals surface area contributed by atoms with Crippen LogP contribution >= 0.6 is 22.7 Å². The molecule has 0 aromatic carbocycles. The first-order chi connectivity index (χ1) is 8.42. The molecule has 0 saturated heterocycles. The largest absolute Gasteiger partial charge is 0.300 e. The molecule has 0 aliphatic heterocycles. The highest BCUT2D eigenvalue weighted by Gasteiger charge is 2.05. The summed E-state index contributed by atoms with van der Waals surface area (Å²) in [6, 6.07) is 5.86. The lowest BCUT2D eigenvalue weighted by Crippen LogP contribution is -1.94. The van der Waals surface area contributed by atoms with Gasteiger partial charge in [0.25, 0.3) is 0 Å². The van der Waals surface area contributed by atoms with Gasteiger partial charge in [-0.15, -0.1) is 22.7 Å². The van der Waals surface area contributed by atoms with Gasteiger partial charge in [-0.3, -0.25) is 0 Å². The average molecular weight is 260 g/mol. The fourth-order valence-corrected chi connectivity index (χ4v) is 2.79. The van der Waals surface area contributed by atoms with Gasteiger partial charge in [0.15, 0.2) is 5.13 Å². The maximum Gasteiger partial charge on any atom is 0.228 e. The maximum absolute atomic E-state index is 4.49. The van der Waals surface area contributed by atoms with E-state index in [1.54, 1.807) is 41.1 Å². The number of thiophene rings is 1. The van der Waals surface area contributed by atoms with Gasteiger partial charge in [-0.05, 0) is 17.5 Å². The fraction of sp³-hybridized carbons (Fsp3) is 0. The zero-order valence-electron chi connectivity index (χ0n) is 8.70. The number of nitrogens with zero attached hydrogens (tertiary/aromatic N) is 3. The molecule has 3 heterocycles. The molecule has 0 saturated carbocycles. The first-order valence-corrected chi connectivity index (χ1v) is 6.71. The number of anilines is 2. The quantitative estimate of drug-likeness (QED) is 0.784. The molecular formula is C11H8N4S2. The van der Waals surface area contributed by atoms with Gasteiger partial charge in [-0.1, -0.05) is 6.07 Å². The zero-order chi connectivity index (χ0) is 11.5. The van der Waals surface area contributed by atoms with Crippen LogP contribution in [0.2, 0.25) is 0 Å². The summed E-state index contributed by atoms with van der Waals surface area (Å²) in [5.41, 5.74) is 0.989. The Morgan fingerprint density at radius 2 is 1.94 bits per heavy atom. The lowest BCUT2D eigenvalue weighted by atomic mass is 10.4. The van der Waals surface area contributed by atoms with Crippen LogP contribution in [-0.4, -0.2) is 15.0 Å². The summed E-state index contributed by atoms with van der Waals surface area (Å²) < 4.78 is 0. The summed E-state index contributed by atoms with van der Waals surface area (Å²) in [5, 5.41) is 7.95. The van der Waals surface area contributed by atoms with E-state index in [4.69, 9.17) is 0 Å². The van der Waals surface area contributed by atoms with E-state index in [0.717, 1.165) is 10.8 Å². The molecule has 17 heavy (non-hydrogen) atoms. The number of hydrogen-bond acceptors (Lipinski definition) is 6. The second-order valence-corrected chi connectivity index (χ2v) is 5.02. The molecule has 0 aliphatic rings. The molecule has 3 aromatic heterocycles. The van der Waals surface area contributed by atoms with Crippen molar-refractivity contribution < 1.29 is 0 Å². The first-order valence-electron chi connectivity index (χ1n) is 4.95. The molecule has 0 aliphatic carbocycles. The maximum atomic E-state index is 4.49. The van der Waals surface area contributed by atoms with Crippen molar-refractivity contribution in [3.8, 4) is 10.6 Å². The summed E-state index contributed by atoms with van der Waals surface area (Å²) in [4.78, 5) is 13.8. The summed E-state index contributed by atoms with van der Waals surface area (Å²) in [7, 11) is 0. The van der Waals surface area contributed by atoms with E-state index in [9.17, 15) is 0 Å². The van der Waals surface area contributed by atoms with Crippen LogP contribution in [0.1, 0.15) is 0 Å². The Morgan fingerprint density at radius 1 is 1.06 bits per heavy atom. The number of thiazole rings is 1. The van der Waals surface area contributed by atoms with Gasteiger partial charge in [-0.2, -0.15) is 0 Å². The summed E-state index contributed by atoms with van der Waals surface area (Å²) in [6.45, 7) is 0. The van der Waals surface area contributed by atoms with Gasteiger partial charge in [0.1, 0.15) is 0 Å². The third kappa shape index (κ3) is 2.32. The summed E-state index contributed by atoms with van der Waals surface area (Å²) >= 11 is 3.23. The van der Waals surface area contributed by atoms with Gasteiger partial charge in [-0.25, -0.2) is 15.0 Å². The second kappa shape index (κ2) is 4.60.